The lowest BCUT2D eigenvalue weighted by Gasteiger charge is -2.02. The van der Waals surface area contributed by atoms with E-state index in [1.54, 1.807) is 18.5 Å². The second-order valence-corrected chi connectivity index (χ2v) is 12.5. The maximum atomic E-state index is 5.62. The van der Waals surface area contributed by atoms with Gasteiger partial charge in [-0.2, -0.15) is 0 Å². The summed E-state index contributed by atoms with van der Waals surface area (Å²) >= 11 is 16.9. The minimum Gasteiger partial charge on any atom is -0.387 e. The summed E-state index contributed by atoms with van der Waals surface area (Å²) in [4.78, 5) is 0. The molecule has 0 saturated heterocycles. The fourth-order valence-corrected chi connectivity index (χ4v) is 4.34. The molecule has 0 spiro atoms. The molecule has 0 fully saturated rings. The Morgan fingerprint density at radius 2 is 2.17 bits per heavy atom. The third-order valence-corrected chi connectivity index (χ3v) is 4.51. The van der Waals surface area contributed by atoms with E-state index in [2.05, 4.69) is 5.54 Å². The van der Waals surface area contributed by atoms with Crippen LogP contribution in [0.15, 0.2) is 11.4 Å². The zero-order chi connectivity index (χ0) is 9.61. The van der Waals surface area contributed by atoms with Crippen molar-refractivity contribution >= 4 is 48.0 Å². The average molecular weight is 259 g/mol. The molecule has 1 radical (unpaired) electrons. The zero-order valence-corrected chi connectivity index (χ0v) is 10.7. The highest BCUT2D eigenvalue weighted by atomic mass is 35.8. The minimum absolute atomic E-state index is 0.548. The summed E-state index contributed by atoms with van der Waals surface area (Å²) in [5.74, 6) is 0. The highest BCUT2D eigenvalue weighted by molar-refractivity contribution is 7.66. The number of methoxy groups -OCH3 is 1. The quantitative estimate of drug-likeness (QED) is 0.426. The Labute approximate surface area is 89.4 Å². The molecule has 0 aliphatic carbocycles. The van der Waals surface area contributed by atoms with Gasteiger partial charge in [0.2, 0.25) is 0 Å². The molecule has 0 aromatic carbocycles. The van der Waals surface area contributed by atoms with Gasteiger partial charge in [0.25, 0.3) is 0 Å². The third-order valence-electron chi connectivity index (χ3n) is 0.959. The fourth-order valence-electron chi connectivity index (χ4n) is 0.488. The molecule has 0 N–H and O–H groups in total. The Hall–Kier alpha value is 0.564. The van der Waals surface area contributed by atoms with E-state index in [4.69, 9.17) is 44.4 Å². The largest absolute Gasteiger partial charge is 0.387 e. The molecule has 67 valence electrons. The van der Waals surface area contributed by atoms with E-state index in [0.29, 0.717) is 6.23 Å². The first-order valence-corrected chi connectivity index (χ1v) is 9.96. The van der Waals surface area contributed by atoms with Crippen molar-refractivity contribution in [1.82, 2.24) is 0 Å². The maximum Gasteiger partial charge on any atom is 0.365 e. The van der Waals surface area contributed by atoms with Gasteiger partial charge in [-0.1, -0.05) is 11.4 Å². The minimum atomic E-state index is -2.65. The van der Waals surface area contributed by atoms with Crippen LogP contribution in [0.25, 0.3) is 0 Å². The van der Waals surface area contributed by atoms with Crippen molar-refractivity contribution in [2.24, 2.45) is 0 Å². The lowest BCUT2D eigenvalue weighted by molar-refractivity contribution is 0.251. The molecule has 0 saturated carbocycles. The molecule has 0 aromatic rings. The number of ether oxygens (including phenoxy) is 1. The topological polar surface area (TPSA) is 9.23 Å². The van der Waals surface area contributed by atoms with Gasteiger partial charge in [0.15, 0.2) is 8.80 Å². The fraction of sp³-hybridized carbons (Fsp3) is 0.333. The van der Waals surface area contributed by atoms with Crippen molar-refractivity contribution in [3.05, 3.63) is 11.4 Å². The number of terminal acetylenes is 1. The molecule has 0 aromatic heterocycles. The van der Waals surface area contributed by atoms with Crippen LogP contribution in [0.1, 0.15) is 0 Å². The average Bonchev–Trinajstić information content (AvgIpc) is 1.96. The van der Waals surface area contributed by atoms with Gasteiger partial charge in [-0.3, -0.25) is 0 Å². The van der Waals surface area contributed by atoms with Gasteiger partial charge in [0, 0.05) is 7.11 Å². The third kappa shape index (κ3) is 7.23. The van der Waals surface area contributed by atoms with Gasteiger partial charge in [-0.25, -0.2) is 0 Å². The van der Waals surface area contributed by atoms with Crippen LogP contribution in [-0.4, -0.2) is 28.1 Å². The molecule has 6 heteroatoms. The van der Waals surface area contributed by atoms with Gasteiger partial charge in [-0.15, -0.1) is 45.2 Å². The molecule has 12 heavy (non-hydrogen) atoms. The number of halogens is 3. The van der Waals surface area contributed by atoms with Crippen molar-refractivity contribution in [2.75, 3.05) is 13.3 Å². The van der Waals surface area contributed by atoms with Crippen LogP contribution in [0, 0.1) is 12.0 Å². The van der Waals surface area contributed by atoms with Crippen LogP contribution < -0.4 is 0 Å². The van der Waals surface area contributed by atoms with Gasteiger partial charge >= 0.3 is 6.00 Å². The summed E-state index contributed by atoms with van der Waals surface area (Å²) in [6.45, 7) is 0. The standard InChI is InChI=1S/C6H8Cl3OSi2/c1-3-11(6-10-2)4-5-12(7,8)9/h1,4-5H,6H2,2H3. The van der Waals surface area contributed by atoms with Crippen LogP contribution in [-0.2, 0) is 4.74 Å². The highest BCUT2D eigenvalue weighted by Crippen LogP contribution is 2.20. The van der Waals surface area contributed by atoms with Crippen LogP contribution in [0.4, 0.5) is 0 Å². The molecule has 1 nitrogen and oxygen atoms in total. The summed E-state index contributed by atoms with van der Waals surface area (Å²) in [6, 6.07) is -2.65. The monoisotopic (exact) mass is 257 g/mol. The van der Waals surface area contributed by atoms with E-state index in [1.807, 2.05) is 0 Å². The van der Waals surface area contributed by atoms with E-state index < -0.39 is 14.8 Å². The molecule has 0 aliphatic heterocycles. The Bertz CT molecular complexity index is 194. The summed E-state index contributed by atoms with van der Waals surface area (Å²) in [7, 11) is 0.538. The van der Waals surface area contributed by atoms with Crippen molar-refractivity contribution in [1.29, 1.82) is 0 Å². The Kier molecular flexibility index (Phi) is 6.37. The molecular formula is C6H8Cl3OSi2. The molecule has 0 aliphatic rings. The Morgan fingerprint density at radius 3 is 2.50 bits per heavy atom. The summed E-state index contributed by atoms with van der Waals surface area (Å²) in [5.41, 5.74) is 6.01. The van der Waals surface area contributed by atoms with Crippen LogP contribution in [0.5, 0.6) is 0 Å². The van der Waals surface area contributed by atoms with E-state index in [9.17, 15) is 0 Å². The van der Waals surface area contributed by atoms with Gasteiger partial charge in [0.1, 0.15) is 0 Å². The smallest absolute Gasteiger partial charge is 0.365 e. The zero-order valence-electron chi connectivity index (χ0n) is 6.48. The van der Waals surface area contributed by atoms with Crippen molar-refractivity contribution in [3.8, 4) is 12.0 Å². The first kappa shape index (κ1) is 12.6. The first-order valence-electron chi connectivity index (χ1n) is 3.07. The predicted molar refractivity (Wildman–Crippen MR) is 58.9 cm³/mol. The van der Waals surface area contributed by atoms with E-state index >= 15 is 0 Å². The number of rotatable bonds is 4. The second kappa shape index (κ2) is 6.08. The molecule has 0 bridgehead atoms. The molecule has 0 unspecified atom stereocenters. The van der Waals surface area contributed by atoms with Gasteiger partial charge in [0.05, 0.1) is 6.23 Å². The second-order valence-electron chi connectivity index (χ2n) is 1.98. The van der Waals surface area contributed by atoms with Gasteiger partial charge < -0.3 is 4.74 Å². The van der Waals surface area contributed by atoms with Crippen LogP contribution >= 0.6 is 33.2 Å². The molecular weight excluding hydrogens is 251 g/mol. The van der Waals surface area contributed by atoms with Crippen molar-refractivity contribution < 1.29 is 4.74 Å². The first-order chi connectivity index (χ1) is 5.49. The highest BCUT2D eigenvalue weighted by Gasteiger charge is 2.20. The number of hydrogen-bond acceptors (Lipinski definition) is 1. The van der Waals surface area contributed by atoms with Crippen molar-refractivity contribution in [2.45, 2.75) is 0 Å². The van der Waals surface area contributed by atoms with E-state index in [0.717, 1.165) is 0 Å². The number of hydrogen-bond donors (Lipinski definition) is 0. The summed E-state index contributed by atoms with van der Waals surface area (Å²) in [6.07, 6.45) is 5.79. The Morgan fingerprint density at radius 1 is 1.58 bits per heavy atom. The SMILES string of the molecule is C#C[Si](C=C[Si](Cl)(Cl)Cl)COC. The molecule has 0 rings (SSSR count). The van der Waals surface area contributed by atoms with E-state index in [-0.39, 0.29) is 0 Å². The lowest BCUT2D eigenvalue weighted by Crippen LogP contribution is -2.17. The normalized spacial score (nSPS) is 12.3. The van der Waals surface area contributed by atoms with Crippen LogP contribution in [0.3, 0.4) is 0 Å². The maximum absolute atomic E-state index is 5.62. The Balaban J connectivity index is 4.04. The van der Waals surface area contributed by atoms with E-state index in [1.165, 1.54) is 0 Å². The lowest BCUT2D eigenvalue weighted by atomic mass is 11.2. The van der Waals surface area contributed by atoms with Crippen molar-refractivity contribution in [3.63, 3.8) is 0 Å². The summed E-state index contributed by atoms with van der Waals surface area (Å²) in [5, 5.41) is 0. The van der Waals surface area contributed by atoms with Crippen LogP contribution in [0.2, 0.25) is 0 Å². The molecule has 0 amide bonds. The molecule has 0 heterocycles. The van der Waals surface area contributed by atoms with Gasteiger partial charge in [-0.05, 0) is 0 Å². The molecule has 0 atom stereocenters. The summed E-state index contributed by atoms with van der Waals surface area (Å²) < 4.78 is 4.90. The predicted octanol–water partition coefficient (Wildman–Crippen LogP) is 2.13.